The molecule has 6 nitrogen and oxygen atoms in total. The summed E-state index contributed by atoms with van der Waals surface area (Å²) in [7, 11) is 0. The topological polar surface area (TPSA) is 66.8 Å². The van der Waals surface area contributed by atoms with Crippen molar-refractivity contribution >= 4 is 5.91 Å². The highest BCUT2D eigenvalue weighted by Gasteiger charge is 2.25. The van der Waals surface area contributed by atoms with Crippen LogP contribution < -0.4 is 0 Å². The van der Waals surface area contributed by atoms with Crippen LogP contribution in [0.4, 0.5) is 0 Å². The summed E-state index contributed by atoms with van der Waals surface area (Å²) >= 11 is 0. The number of pyridine rings is 1. The quantitative estimate of drug-likeness (QED) is 0.788. The van der Waals surface area contributed by atoms with Crippen LogP contribution in [0, 0.1) is 5.92 Å². The predicted molar refractivity (Wildman–Crippen MR) is 89.8 cm³/mol. The number of fused-ring (bicyclic) bond motifs is 1. The Labute approximate surface area is 140 Å². The smallest absolute Gasteiger partial charge is 0.254 e. The summed E-state index contributed by atoms with van der Waals surface area (Å²) in [5.41, 5.74) is 2.90. The van der Waals surface area contributed by atoms with Crippen LogP contribution in [0.25, 0.3) is 5.82 Å². The molecule has 3 aromatic rings. The zero-order valence-corrected chi connectivity index (χ0v) is 13.5. The lowest BCUT2D eigenvalue weighted by molar-refractivity contribution is 0.0725. The monoisotopic (exact) mass is 321 g/mol. The van der Waals surface area contributed by atoms with Crippen molar-refractivity contribution in [2.24, 2.45) is 5.92 Å². The number of carbonyl (C=O) groups excluding carboxylic acids is 1. The molecule has 0 aliphatic carbocycles. The molecule has 0 bridgehead atoms. The summed E-state index contributed by atoms with van der Waals surface area (Å²) in [6.45, 7) is 3.49. The van der Waals surface area contributed by atoms with Gasteiger partial charge in [-0.3, -0.25) is 9.89 Å². The first kappa shape index (κ1) is 14.7. The molecule has 0 radical (unpaired) electrons. The van der Waals surface area contributed by atoms with Crippen molar-refractivity contribution in [3.05, 3.63) is 65.9 Å². The average molecular weight is 321 g/mol. The Balaban J connectivity index is 1.63. The minimum atomic E-state index is 0.0340. The Morgan fingerprint density at radius 2 is 2.17 bits per heavy atom. The van der Waals surface area contributed by atoms with Crippen molar-refractivity contribution in [2.75, 3.05) is 6.54 Å². The highest BCUT2D eigenvalue weighted by Crippen LogP contribution is 2.22. The fourth-order valence-electron chi connectivity index (χ4n) is 3.23. The first-order chi connectivity index (χ1) is 11.7. The molecule has 1 aliphatic rings. The van der Waals surface area contributed by atoms with Crippen LogP contribution in [-0.2, 0) is 13.0 Å². The van der Waals surface area contributed by atoms with Crippen LogP contribution in [-0.4, -0.2) is 37.1 Å². The Kier molecular flexibility index (Phi) is 3.65. The van der Waals surface area contributed by atoms with E-state index in [1.165, 1.54) is 0 Å². The first-order valence-corrected chi connectivity index (χ1v) is 8.10. The number of hydrogen-bond donors (Lipinski definition) is 1. The van der Waals surface area contributed by atoms with Gasteiger partial charge in [-0.15, -0.1) is 0 Å². The number of nitrogens with zero attached hydrogens (tertiary/aromatic N) is 4. The minimum absolute atomic E-state index is 0.0340. The lowest BCUT2D eigenvalue weighted by Crippen LogP contribution is -2.33. The molecule has 122 valence electrons. The van der Waals surface area contributed by atoms with Crippen LogP contribution >= 0.6 is 0 Å². The summed E-state index contributed by atoms with van der Waals surface area (Å²) < 4.78 is 1.90. The van der Waals surface area contributed by atoms with E-state index >= 15 is 0 Å². The maximum Gasteiger partial charge on any atom is 0.254 e. The van der Waals surface area contributed by atoms with Crippen molar-refractivity contribution in [3.8, 4) is 5.82 Å². The van der Waals surface area contributed by atoms with Gasteiger partial charge in [0.15, 0.2) is 0 Å². The second-order valence-electron chi connectivity index (χ2n) is 6.36. The molecule has 0 saturated carbocycles. The van der Waals surface area contributed by atoms with Gasteiger partial charge in [0.1, 0.15) is 5.82 Å². The van der Waals surface area contributed by atoms with E-state index in [1.807, 2.05) is 46.3 Å². The zero-order valence-electron chi connectivity index (χ0n) is 13.5. The number of aromatic nitrogens is 4. The molecule has 1 atom stereocenters. The van der Waals surface area contributed by atoms with Gasteiger partial charge in [0.25, 0.3) is 5.91 Å². The summed E-state index contributed by atoms with van der Waals surface area (Å²) in [5, 5.41) is 7.17. The number of hydrogen-bond acceptors (Lipinski definition) is 3. The predicted octanol–water partition coefficient (Wildman–Crippen LogP) is 2.43. The van der Waals surface area contributed by atoms with E-state index in [-0.39, 0.29) is 5.91 Å². The van der Waals surface area contributed by atoms with Crippen molar-refractivity contribution in [1.29, 1.82) is 0 Å². The second-order valence-corrected chi connectivity index (χ2v) is 6.36. The molecule has 0 spiro atoms. The third-order valence-electron chi connectivity index (χ3n) is 4.40. The van der Waals surface area contributed by atoms with Crippen molar-refractivity contribution in [2.45, 2.75) is 19.9 Å². The zero-order chi connectivity index (χ0) is 16.5. The van der Waals surface area contributed by atoms with Gasteiger partial charge in [-0.05, 0) is 36.6 Å². The molecule has 0 aromatic carbocycles. The number of H-pyrrole nitrogens is 1. The maximum atomic E-state index is 13.0. The van der Waals surface area contributed by atoms with E-state index in [1.54, 1.807) is 12.3 Å². The first-order valence-electron chi connectivity index (χ1n) is 8.10. The van der Waals surface area contributed by atoms with Gasteiger partial charge in [0, 0.05) is 48.5 Å². The van der Waals surface area contributed by atoms with Gasteiger partial charge < -0.3 is 9.47 Å². The van der Waals surface area contributed by atoms with Crippen LogP contribution in [0.5, 0.6) is 0 Å². The van der Waals surface area contributed by atoms with Gasteiger partial charge in [0.05, 0.1) is 6.20 Å². The van der Waals surface area contributed by atoms with Crippen LogP contribution in [0.3, 0.4) is 0 Å². The van der Waals surface area contributed by atoms with Gasteiger partial charge in [-0.1, -0.05) is 6.92 Å². The Bertz CT molecular complexity index is 852. The van der Waals surface area contributed by atoms with Gasteiger partial charge >= 0.3 is 0 Å². The highest BCUT2D eigenvalue weighted by molar-refractivity contribution is 5.94. The Morgan fingerprint density at radius 1 is 1.33 bits per heavy atom. The molecule has 4 rings (SSSR count). The van der Waals surface area contributed by atoms with E-state index in [0.29, 0.717) is 18.0 Å². The van der Waals surface area contributed by atoms with Crippen molar-refractivity contribution in [3.63, 3.8) is 0 Å². The highest BCUT2D eigenvalue weighted by atomic mass is 16.2. The molecule has 6 heteroatoms. The SMILES string of the molecule is CC1Cc2[nH]ncc2CN(C(=O)c2ccnc(-n3cccc3)c2)C1. The summed E-state index contributed by atoms with van der Waals surface area (Å²) in [4.78, 5) is 19.3. The largest absolute Gasteiger partial charge is 0.334 e. The summed E-state index contributed by atoms with van der Waals surface area (Å²) in [6.07, 6.45) is 8.27. The normalized spacial score (nSPS) is 17.4. The number of nitrogens with one attached hydrogen (secondary N) is 1. The fraction of sp³-hybridized carbons (Fsp3) is 0.278. The van der Waals surface area contributed by atoms with Crippen molar-refractivity contribution in [1.82, 2.24) is 24.6 Å². The van der Waals surface area contributed by atoms with E-state index < -0.39 is 0 Å². The van der Waals surface area contributed by atoms with Gasteiger partial charge in [-0.25, -0.2) is 4.98 Å². The van der Waals surface area contributed by atoms with E-state index in [9.17, 15) is 4.79 Å². The van der Waals surface area contributed by atoms with E-state index in [2.05, 4.69) is 22.1 Å². The molecule has 24 heavy (non-hydrogen) atoms. The molecule has 0 fully saturated rings. The van der Waals surface area contributed by atoms with Crippen LogP contribution in [0.15, 0.2) is 49.1 Å². The Hall–Kier alpha value is -2.89. The third kappa shape index (κ3) is 2.71. The lowest BCUT2D eigenvalue weighted by Gasteiger charge is -2.23. The minimum Gasteiger partial charge on any atom is -0.334 e. The van der Waals surface area contributed by atoms with E-state index in [0.717, 1.165) is 30.0 Å². The number of carbonyl (C=O) groups is 1. The average Bonchev–Trinajstić information content (AvgIpc) is 3.24. The van der Waals surface area contributed by atoms with Crippen LogP contribution in [0.1, 0.15) is 28.5 Å². The summed E-state index contributed by atoms with van der Waals surface area (Å²) in [6, 6.07) is 7.50. The van der Waals surface area contributed by atoms with Crippen LogP contribution in [0.2, 0.25) is 0 Å². The molecule has 1 N–H and O–H groups in total. The fourth-order valence-corrected chi connectivity index (χ4v) is 3.23. The maximum absolute atomic E-state index is 13.0. The lowest BCUT2D eigenvalue weighted by atomic mass is 10.1. The molecule has 1 unspecified atom stereocenters. The number of rotatable bonds is 2. The molecular formula is C18H19N5O. The second kappa shape index (κ2) is 5.96. The molecule has 0 saturated heterocycles. The third-order valence-corrected chi connectivity index (χ3v) is 4.40. The molecule has 1 aliphatic heterocycles. The number of aromatic amines is 1. The van der Waals surface area contributed by atoms with Crippen molar-refractivity contribution < 1.29 is 4.79 Å². The molecular weight excluding hydrogens is 302 g/mol. The molecule has 1 amide bonds. The molecule has 4 heterocycles. The van der Waals surface area contributed by atoms with Gasteiger partial charge in [-0.2, -0.15) is 5.10 Å². The standard InChI is InChI=1S/C18H19N5O/c1-13-8-16-15(10-20-21-16)12-23(11-13)18(24)14-4-5-19-17(9-14)22-6-2-3-7-22/h2-7,9-10,13H,8,11-12H2,1H3,(H,20,21). The molecule has 3 aromatic heterocycles. The summed E-state index contributed by atoms with van der Waals surface area (Å²) in [5.74, 6) is 1.17. The Morgan fingerprint density at radius 3 is 3.00 bits per heavy atom. The van der Waals surface area contributed by atoms with E-state index in [4.69, 9.17) is 0 Å². The number of amides is 1. The van der Waals surface area contributed by atoms with Gasteiger partial charge in [0.2, 0.25) is 0 Å².